The molecule has 18 heavy (non-hydrogen) atoms. The van der Waals surface area contributed by atoms with Crippen molar-refractivity contribution in [3.05, 3.63) is 33.9 Å². The van der Waals surface area contributed by atoms with E-state index < -0.39 is 17.1 Å². The minimum absolute atomic E-state index is 0.0454. The third kappa shape index (κ3) is 3.41. The van der Waals surface area contributed by atoms with Crippen LogP contribution in [0.15, 0.2) is 18.2 Å². The average Bonchev–Trinajstić information content (AvgIpc) is 2.36. The zero-order chi connectivity index (χ0) is 13.8. The van der Waals surface area contributed by atoms with Crippen molar-refractivity contribution in [3.8, 4) is 6.07 Å². The number of benzene rings is 1. The van der Waals surface area contributed by atoms with Crippen molar-refractivity contribution in [3.63, 3.8) is 0 Å². The molecule has 0 fully saturated rings. The Morgan fingerprint density at radius 3 is 2.78 bits per heavy atom. The second kappa shape index (κ2) is 5.44. The molecule has 0 aliphatic rings. The first-order chi connectivity index (χ1) is 8.39. The number of aliphatic hydroxyl groups is 2. The summed E-state index contributed by atoms with van der Waals surface area (Å²) in [6, 6.07) is 5.79. The molecule has 7 nitrogen and oxygen atoms in total. The van der Waals surface area contributed by atoms with E-state index >= 15 is 0 Å². The Bertz CT molecular complexity index is 494. The molecule has 0 heterocycles. The molecular weight excluding hydrogens is 238 g/mol. The summed E-state index contributed by atoms with van der Waals surface area (Å²) in [6.07, 6.45) is 0. The fourth-order valence-corrected chi connectivity index (χ4v) is 1.24. The molecule has 1 atom stereocenters. The number of nitro groups is 1. The molecule has 1 unspecified atom stereocenters. The van der Waals surface area contributed by atoms with Gasteiger partial charge >= 0.3 is 0 Å². The van der Waals surface area contributed by atoms with E-state index in [2.05, 4.69) is 5.32 Å². The Kier molecular flexibility index (Phi) is 4.20. The monoisotopic (exact) mass is 251 g/mol. The van der Waals surface area contributed by atoms with Crippen molar-refractivity contribution in [2.24, 2.45) is 0 Å². The summed E-state index contributed by atoms with van der Waals surface area (Å²) in [7, 11) is 0. The third-order valence-electron chi connectivity index (χ3n) is 2.32. The maximum atomic E-state index is 10.8. The quantitative estimate of drug-likeness (QED) is 0.521. The predicted molar refractivity (Wildman–Crippen MR) is 64.0 cm³/mol. The van der Waals surface area contributed by atoms with Crippen LogP contribution < -0.4 is 5.32 Å². The standard InChI is InChI=1S/C11H13N3O4/c1-11(16,7-15)6-13-9-3-2-8(5-12)4-10(9)14(17)18/h2-4,13,15-16H,6-7H2,1H3. The number of nitro benzene ring substituents is 1. The van der Waals surface area contributed by atoms with Crippen LogP contribution in [0.5, 0.6) is 0 Å². The summed E-state index contributed by atoms with van der Waals surface area (Å²) in [5, 5.41) is 40.6. The largest absolute Gasteiger partial charge is 0.393 e. The van der Waals surface area contributed by atoms with Crippen molar-refractivity contribution in [1.82, 2.24) is 0 Å². The van der Waals surface area contributed by atoms with Gasteiger partial charge in [-0.2, -0.15) is 5.26 Å². The number of rotatable bonds is 5. The molecule has 3 N–H and O–H groups in total. The number of nitrogens with one attached hydrogen (secondary N) is 1. The number of anilines is 1. The summed E-state index contributed by atoms with van der Waals surface area (Å²) >= 11 is 0. The fourth-order valence-electron chi connectivity index (χ4n) is 1.24. The lowest BCUT2D eigenvalue weighted by Gasteiger charge is -2.21. The van der Waals surface area contributed by atoms with Gasteiger partial charge in [0.15, 0.2) is 0 Å². The molecule has 0 aliphatic heterocycles. The number of hydrogen-bond donors (Lipinski definition) is 3. The van der Waals surface area contributed by atoms with E-state index in [0.717, 1.165) is 6.07 Å². The van der Waals surface area contributed by atoms with Gasteiger partial charge in [-0.25, -0.2) is 0 Å². The highest BCUT2D eigenvalue weighted by Crippen LogP contribution is 2.25. The van der Waals surface area contributed by atoms with Gasteiger partial charge < -0.3 is 15.5 Å². The Morgan fingerprint density at radius 1 is 1.61 bits per heavy atom. The molecule has 0 aromatic heterocycles. The molecule has 96 valence electrons. The Hall–Kier alpha value is -2.17. The van der Waals surface area contributed by atoms with Crippen LogP contribution >= 0.6 is 0 Å². The molecule has 1 aromatic carbocycles. The van der Waals surface area contributed by atoms with E-state index in [1.807, 2.05) is 6.07 Å². The first-order valence-electron chi connectivity index (χ1n) is 5.15. The second-order valence-corrected chi connectivity index (χ2v) is 4.11. The van der Waals surface area contributed by atoms with Gasteiger partial charge in [0.2, 0.25) is 0 Å². The van der Waals surface area contributed by atoms with Gasteiger partial charge in [0.25, 0.3) is 5.69 Å². The van der Waals surface area contributed by atoms with Gasteiger partial charge in [0.05, 0.1) is 23.2 Å². The average molecular weight is 251 g/mol. The maximum Gasteiger partial charge on any atom is 0.293 e. The van der Waals surface area contributed by atoms with Crippen molar-refractivity contribution >= 4 is 11.4 Å². The van der Waals surface area contributed by atoms with E-state index in [1.54, 1.807) is 0 Å². The maximum absolute atomic E-state index is 10.8. The Morgan fingerprint density at radius 2 is 2.28 bits per heavy atom. The SMILES string of the molecule is CC(O)(CO)CNc1ccc(C#N)cc1[N+](=O)[O-]. The zero-order valence-corrected chi connectivity index (χ0v) is 9.75. The van der Waals surface area contributed by atoms with Crippen molar-refractivity contribution < 1.29 is 15.1 Å². The van der Waals surface area contributed by atoms with Crippen molar-refractivity contribution in [2.45, 2.75) is 12.5 Å². The van der Waals surface area contributed by atoms with E-state index in [1.165, 1.54) is 19.1 Å². The van der Waals surface area contributed by atoms with Gasteiger partial charge in [0, 0.05) is 12.6 Å². The zero-order valence-electron chi connectivity index (χ0n) is 9.75. The predicted octanol–water partition coefficient (Wildman–Crippen LogP) is 0.622. The van der Waals surface area contributed by atoms with E-state index in [-0.39, 0.29) is 23.5 Å². The van der Waals surface area contributed by atoms with Crippen LogP contribution in [0.2, 0.25) is 0 Å². The number of aliphatic hydroxyl groups excluding tert-OH is 1. The lowest BCUT2D eigenvalue weighted by molar-refractivity contribution is -0.384. The van der Waals surface area contributed by atoms with E-state index in [4.69, 9.17) is 10.4 Å². The molecule has 0 saturated heterocycles. The van der Waals surface area contributed by atoms with E-state index in [9.17, 15) is 15.2 Å². The van der Waals surface area contributed by atoms with Crippen molar-refractivity contribution in [1.29, 1.82) is 5.26 Å². The van der Waals surface area contributed by atoms with Crippen LogP contribution in [0.4, 0.5) is 11.4 Å². The first-order valence-corrected chi connectivity index (χ1v) is 5.15. The first kappa shape index (κ1) is 13.9. The molecular formula is C11H13N3O4. The van der Waals surface area contributed by atoms with Crippen LogP contribution in [-0.4, -0.2) is 33.9 Å². The number of nitrogens with zero attached hydrogens (tertiary/aromatic N) is 2. The number of nitriles is 1. The van der Waals surface area contributed by atoms with Gasteiger partial charge in [-0.15, -0.1) is 0 Å². The Balaban J connectivity index is 2.96. The summed E-state index contributed by atoms with van der Waals surface area (Å²) in [5.41, 5.74) is -1.25. The highest BCUT2D eigenvalue weighted by Gasteiger charge is 2.21. The van der Waals surface area contributed by atoms with Gasteiger partial charge in [-0.1, -0.05) is 0 Å². The normalized spacial score (nSPS) is 13.4. The third-order valence-corrected chi connectivity index (χ3v) is 2.32. The molecule has 0 aliphatic carbocycles. The summed E-state index contributed by atoms with van der Waals surface area (Å²) < 4.78 is 0. The van der Waals surface area contributed by atoms with Crippen LogP contribution in [0.1, 0.15) is 12.5 Å². The molecule has 1 rings (SSSR count). The summed E-state index contributed by atoms with van der Waals surface area (Å²) in [4.78, 5) is 10.2. The molecule has 1 aromatic rings. The van der Waals surface area contributed by atoms with Crippen molar-refractivity contribution in [2.75, 3.05) is 18.5 Å². The van der Waals surface area contributed by atoms with Crippen LogP contribution in [-0.2, 0) is 0 Å². The number of hydrogen-bond acceptors (Lipinski definition) is 6. The van der Waals surface area contributed by atoms with Gasteiger partial charge in [0.1, 0.15) is 11.3 Å². The van der Waals surface area contributed by atoms with E-state index in [0.29, 0.717) is 0 Å². The lowest BCUT2D eigenvalue weighted by atomic mass is 10.1. The molecule has 0 spiro atoms. The smallest absolute Gasteiger partial charge is 0.293 e. The molecule has 0 saturated carbocycles. The molecule has 7 heteroatoms. The summed E-state index contributed by atoms with van der Waals surface area (Å²) in [5.74, 6) is 0. The van der Waals surface area contributed by atoms with Crippen LogP contribution in [0.25, 0.3) is 0 Å². The highest BCUT2D eigenvalue weighted by molar-refractivity contribution is 5.64. The molecule has 0 bridgehead atoms. The fraction of sp³-hybridized carbons (Fsp3) is 0.364. The van der Waals surface area contributed by atoms with Crippen LogP contribution in [0.3, 0.4) is 0 Å². The minimum Gasteiger partial charge on any atom is -0.393 e. The second-order valence-electron chi connectivity index (χ2n) is 4.11. The summed E-state index contributed by atoms with van der Waals surface area (Å²) in [6.45, 7) is 0.885. The Labute approximate surface area is 103 Å². The molecule has 0 amide bonds. The molecule has 0 radical (unpaired) electrons. The lowest BCUT2D eigenvalue weighted by Crippen LogP contribution is -2.37. The van der Waals surface area contributed by atoms with Crippen LogP contribution in [0, 0.1) is 21.4 Å². The van der Waals surface area contributed by atoms with Gasteiger partial charge in [-0.3, -0.25) is 10.1 Å². The topological polar surface area (TPSA) is 119 Å². The minimum atomic E-state index is -1.37. The highest BCUT2D eigenvalue weighted by atomic mass is 16.6. The van der Waals surface area contributed by atoms with Gasteiger partial charge in [-0.05, 0) is 19.1 Å².